The first-order valence-electron chi connectivity index (χ1n) is 20.7. The molecule has 12 rings (SSSR count). The Bertz CT molecular complexity index is 3430. The first kappa shape index (κ1) is 34.9. The van der Waals surface area contributed by atoms with Crippen LogP contribution >= 0.6 is 0 Å². The van der Waals surface area contributed by atoms with Crippen LogP contribution in [0.25, 0.3) is 99.2 Å². The molecule has 286 valence electrons. The molecule has 0 spiro atoms. The molecule has 0 saturated carbocycles. The van der Waals surface area contributed by atoms with Crippen molar-refractivity contribution in [2.45, 2.75) is 0 Å². The zero-order valence-corrected chi connectivity index (χ0v) is 33.1. The molecule has 10 aromatic carbocycles. The summed E-state index contributed by atoms with van der Waals surface area (Å²) in [4.78, 5) is 2.38. The maximum absolute atomic E-state index is 6.15. The summed E-state index contributed by atoms with van der Waals surface area (Å²) in [7, 11) is 0. The van der Waals surface area contributed by atoms with E-state index in [1.807, 2.05) is 24.3 Å². The molecule has 61 heavy (non-hydrogen) atoms. The lowest BCUT2D eigenvalue weighted by Gasteiger charge is -2.28. The standard InChI is InChI=1S/C58H37NO2/c1-2-15-47-40(11-1)12-10-19-48(47)43-13-9-14-44(35-43)49-16-3-6-20-54(49)59(45-29-23-38(24-30-45)41-27-33-57-52(36-41)50-17-4-7-21-55(50)60-57)46-31-25-39(26-32-46)42-28-34-58-53(37-42)51-18-5-8-22-56(51)61-58/h1-37H. The van der Waals surface area contributed by atoms with Gasteiger partial charge < -0.3 is 13.7 Å². The Morgan fingerprint density at radius 2 is 0.705 bits per heavy atom. The SMILES string of the molecule is c1cc(-c2ccccc2N(c2ccc(-c3ccc4oc5ccccc5c4c3)cc2)c2ccc(-c3ccc4oc5ccccc5c4c3)cc2)cc(-c2cccc3ccccc23)c1. The number of anilines is 3. The number of benzene rings is 10. The van der Waals surface area contributed by atoms with Crippen molar-refractivity contribution in [1.29, 1.82) is 0 Å². The van der Waals surface area contributed by atoms with Gasteiger partial charge in [0.15, 0.2) is 0 Å². The Kier molecular flexibility index (Phi) is 8.17. The highest BCUT2D eigenvalue weighted by atomic mass is 16.3. The molecule has 0 amide bonds. The fraction of sp³-hybridized carbons (Fsp3) is 0. The maximum atomic E-state index is 6.15. The van der Waals surface area contributed by atoms with E-state index in [4.69, 9.17) is 8.83 Å². The summed E-state index contributed by atoms with van der Waals surface area (Å²) in [6.45, 7) is 0. The minimum absolute atomic E-state index is 0.898. The van der Waals surface area contributed by atoms with Crippen molar-refractivity contribution in [1.82, 2.24) is 0 Å². The van der Waals surface area contributed by atoms with E-state index in [0.29, 0.717) is 0 Å². The van der Waals surface area contributed by atoms with E-state index in [0.717, 1.165) is 94.3 Å². The van der Waals surface area contributed by atoms with Gasteiger partial charge in [-0.1, -0.05) is 152 Å². The van der Waals surface area contributed by atoms with E-state index < -0.39 is 0 Å². The van der Waals surface area contributed by atoms with E-state index in [1.54, 1.807) is 0 Å². The normalized spacial score (nSPS) is 11.6. The zero-order chi connectivity index (χ0) is 40.3. The van der Waals surface area contributed by atoms with Crippen molar-refractivity contribution < 1.29 is 8.83 Å². The van der Waals surface area contributed by atoms with Crippen LogP contribution in [0.4, 0.5) is 17.1 Å². The average molecular weight is 780 g/mol. The monoisotopic (exact) mass is 779 g/mol. The smallest absolute Gasteiger partial charge is 0.135 e. The number of rotatable bonds is 7. The van der Waals surface area contributed by atoms with E-state index in [2.05, 4.69) is 205 Å². The first-order valence-corrected chi connectivity index (χ1v) is 20.7. The summed E-state index contributed by atoms with van der Waals surface area (Å²) in [5, 5.41) is 6.99. The summed E-state index contributed by atoms with van der Waals surface area (Å²) < 4.78 is 12.3. The molecule has 12 aromatic rings. The molecule has 0 aliphatic heterocycles. The number of fused-ring (bicyclic) bond motifs is 7. The van der Waals surface area contributed by atoms with Crippen molar-refractivity contribution in [2.75, 3.05) is 4.90 Å². The van der Waals surface area contributed by atoms with Gasteiger partial charge >= 0.3 is 0 Å². The van der Waals surface area contributed by atoms with Crippen molar-refractivity contribution >= 4 is 71.7 Å². The molecule has 2 heterocycles. The Labute approximate surface area is 353 Å². The van der Waals surface area contributed by atoms with E-state index in [-0.39, 0.29) is 0 Å². The molecule has 0 bridgehead atoms. The molecule has 0 fully saturated rings. The topological polar surface area (TPSA) is 29.5 Å². The molecule has 0 atom stereocenters. The van der Waals surface area contributed by atoms with Crippen LogP contribution in [-0.2, 0) is 0 Å². The highest BCUT2D eigenvalue weighted by Gasteiger charge is 2.19. The molecule has 3 nitrogen and oxygen atoms in total. The maximum Gasteiger partial charge on any atom is 0.135 e. The molecule has 0 saturated heterocycles. The van der Waals surface area contributed by atoms with E-state index in [1.165, 1.54) is 21.9 Å². The molecule has 0 aliphatic carbocycles. The average Bonchev–Trinajstić information content (AvgIpc) is 3.90. The second-order valence-corrected chi connectivity index (χ2v) is 15.7. The highest BCUT2D eigenvalue weighted by molar-refractivity contribution is 6.07. The lowest BCUT2D eigenvalue weighted by Crippen LogP contribution is -2.11. The van der Waals surface area contributed by atoms with E-state index >= 15 is 0 Å². The van der Waals surface area contributed by atoms with Crippen molar-refractivity contribution in [3.8, 4) is 44.5 Å². The van der Waals surface area contributed by atoms with Gasteiger partial charge in [-0.25, -0.2) is 0 Å². The molecular weight excluding hydrogens is 743 g/mol. The van der Waals surface area contributed by atoms with Crippen LogP contribution in [0.3, 0.4) is 0 Å². The summed E-state index contributed by atoms with van der Waals surface area (Å²) in [6, 6.07) is 80.2. The van der Waals surface area contributed by atoms with Crippen molar-refractivity contribution in [2.24, 2.45) is 0 Å². The third-order valence-corrected chi connectivity index (χ3v) is 12.1. The number of hydrogen-bond acceptors (Lipinski definition) is 3. The molecule has 0 radical (unpaired) electrons. The van der Waals surface area contributed by atoms with Crippen LogP contribution in [0.2, 0.25) is 0 Å². The van der Waals surface area contributed by atoms with Crippen molar-refractivity contribution in [3.05, 3.63) is 224 Å². The number of furan rings is 2. The summed E-state index contributed by atoms with van der Waals surface area (Å²) in [5.41, 5.74) is 16.1. The quantitative estimate of drug-likeness (QED) is 0.161. The lowest BCUT2D eigenvalue weighted by molar-refractivity contribution is 0.668. The van der Waals surface area contributed by atoms with Crippen LogP contribution < -0.4 is 4.90 Å². The Balaban J connectivity index is 0.971. The van der Waals surface area contributed by atoms with Gasteiger partial charge in [-0.15, -0.1) is 0 Å². The molecular formula is C58H37NO2. The largest absolute Gasteiger partial charge is 0.456 e. The van der Waals surface area contributed by atoms with Gasteiger partial charge in [0, 0.05) is 38.5 Å². The second kappa shape index (κ2) is 14.3. The summed E-state index contributed by atoms with van der Waals surface area (Å²) >= 11 is 0. The van der Waals surface area contributed by atoms with Crippen LogP contribution in [0, 0.1) is 0 Å². The van der Waals surface area contributed by atoms with Gasteiger partial charge in [0.25, 0.3) is 0 Å². The van der Waals surface area contributed by atoms with Gasteiger partial charge in [-0.2, -0.15) is 0 Å². The van der Waals surface area contributed by atoms with Gasteiger partial charge in [0.1, 0.15) is 22.3 Å². The third kappa shape index (κ3) is 6.06. The summed E-state index contributed by atoms with van der Waals surface area (Å²) in [6.07, 6.45) is 0. The molecule has 0 aliphatic rings. The Morgan fingerprint density at radius 1 is 0.262 bits per heavy atom. The van der Waals surface area contributed by atoms with Crippen LogP contribution in [0.5, 0.6) is 0 Å². The number of nitrogens with zero attached hydrogens (tertiary/aromatic N) is 1. The molecule has 2 aromatic heterocycles. The van der Waals surface area contributed by atoms with Crippen LogP contribution in [0.15, 0.2) is 233 Å². The zero-order valence-electron chi connectivity index (χ0n) is 33.1. The predicted molar refractivity (Wildman–Crippen MR) is 255 cm³/mol. The Hall–Kier alpha value is -8.14. The number of para-hydroxylation sites is 3. The van der Waals surface area contributed by atoms with Gasteiger partial charge in [0.2, 0.25) is 0 Å². The van der Waals surface area contributed by atoms with Crippen LogP contribution in [0.1, 0.15) is 0 Å². The lowest BCUT2D eigenvalue weighted by atomic mass is 9.94. The van der Waals surface area contributed by atoms with Crippen LogP contribution in [-0.4, -0.2) is 0 Å². The molecule has 3 heteroatoms. The third-order valence-electron chi connectivity index (χ3n) is 12.1. The molecule has 0 unspecified atom stereocenters. The number of hydrogen-bond donors (Lipinski definition) is 0. The minimum atomic E-state index is 0.898. The second-order valence-electron chi connectivity index (χ2n) is 15.7. The fourth-order valence-electron chi connectivity index (χ4n) is 9.09. The predicted octanol–water partition coefficient (Wildman–Crippen LogP) is 16.8. The first-order chi connectivity index (χ1) is 30.2. The van der Waals surface area contributed by atoms with Gasteiger partial charge in [-0.3, -0.25) is 0 Å². The van der Waals surface area contributed by atoms with E-state index in [9.17, 15) is 0 Å². The molecule has 0 N–H and O–H groups in total. The van der Waals surface area contributed by atoms with Gasteiger partial charge in [0.05, 0.1) is 5.69 Å². The Morgan fingerprint density at radius 3 is 1.33 bits per heavy atom. The summed E-state index contributed by atoms with van der Waals surface area (Å²) in [5.74, 6) is 0. The van der Waals surface area contributed by atoms with Gasteiger partial charge in [-0.05, 0) is 123 Å². The fourth-order valence-corrected chi connectivity index (χ4v) is 9.09. The van der Waals surface area contributed by atoms with Crippen molar-refractivity contribution in [3.63, 3.8) is 0 Å². The highest BCUT2D eigenvalue weighted by Crippen LogP contribution is 2.44. The minimum Gasteiger partial charge on any atom is -0.456 e.